The first-order chi connectivity index (χ1) is 11.8. The Balaban J connectivity index is 3.06. The summed E-state index contributed by atoms with van der Waals surface area (Å²) in [5, 5.41) is 0.832. The maximum atomic E-state index is 5.63. The molecule has 0 bridgehead atoms. The summed E-state index contributed by atoms with van der Waals surface area (Å²) in [7, 11) is 0. The number of unbranched alkanes of at least 4 members (excludes halogenated alkanes) is 15. The Bertz CT molecular complexity index is 252. The second-order valence-corrected chi connectivity index (χ2v) is 7.73. The average Bonchev–Trinajstić information content (AvgIpc) is 2.58. The Labute approximate surface area is 158 Å². The van der Waals surface area contributed by atoms with Crippen LogP contribution in [0.5, 0.6) is 0 Å². The molecule has 24 heavy (non-hydrogen) atoms. The molecule has 0 aromatic heterocycles. The lowest BCUT2D eigenvalue weighted by Crippen LogP contribution is -2.03. The minimum absolute atomic E-state index is 0.832. The van der Waals surface area contributed by atoms with E-state index in [4.69, 9.17) is 17.0 Å². The third-order valence-electron chi connectivity index (χ3n) is 4.75. The molecule has 0 N–H and O–H groups in total. The van der Waals surface area contributed by atoms with Gasteiger partial charge in [-0.2, -0.15) is 0 Å². The molecule has 0 aliphatic rings. The van der Waals surface area contributed by atoms with Crippen LogP contribution >= 0.6 is 12.2 Å². The van der Waals surface area contributed by atoms with Gasteiger partial charge in [-0.1, -0.05) is 110 Å². The van der Waals surface area contributed by atoms with E-state index in [2.05, 4.69) is 13.8 Å². The summed E-state index contributed by atoms with van der Waals surface area (Å²) >= 11 is 5.24. The third kappa shape index (κ3) is 19.9. The molecule has 0 rings (SSSR count). The molecule has 2 heteroatoms. The first kappa shape index (κ1) is 23.9. The van der Waals surface area contributed by atoms with Crippen LogP contribution in [0.4, 0.5) is 0 Å². The lowest BCUT2D eigenvalue weighted by Gasteiger charge is -2.07. The van der Waals surface area contributed by atoms with Crippen LogP contribution in [0.25, 0.3) is 0 Å². The van der Waals surface area contributed by atoms with Crippen LogP contribution in [0.3, 0.4) is 0 Å². The van der Waals surface area contributed by atoms with E-state index in [1.807, 2.05) is 0 Å². The lowest BCUT2D eigenvalue weighted by molar-refractivity contribution is 0.291. The highest BCUT2D eigenvalue weighted by atomic mass is 32.1. The molecule has 0 unspecified atom stereocenters. The SMILES string of the molecule is CCCCCCCCCCCCCCCCOC(=S)CCCCC. The number of thiocarbonyl (C=S) groups is 1. The minimum Gasteiger partial charge on any atom is -0.487 e. The van der Waals surface area contributed by atoms with Gasteiger partial charge in [-0.15, -0.1) is 0 Å². The van der Waals surface area contributed by atoms with Gasteiger partial charge < -0.3 is 4.74 Å². The molecule has 0 aromatic carbocycles. The molecular formula is C22H44OS. The molecule has 1 nitrogen and oxygen atoms in total. The summed E-state index contributed by atoms with van der Waals surface area (Å²) in [5.74, 6) is 0. The third-order valence-corrected chi connectivity index (χ3v) is 5.07. The summed E-state index contributed by atoms with van der Waals surface area (Å²) in [5.41, 5.74) is 0. The highest BCUT2D eigenvalue weighted by Gasteiger charge is 1.98. The largest absolute Gasteiger partial charge is 0.487 e. The lowest BCUT2D eigenvalue weighted by atomic mass is 10.0. The Morgan fingerprint density at radius 1 is 0.542 bits per heavy atom. The zero-order valence-electron chi connectivity index (χ0n) is 16.8. The van der Waals surface area contributed by atoms with Gasteiger partial charge in [0.2, 0.25) is 0 Å². The maximum absolute atomic E-state index is 5.63. The quantitative estimate of drug-likeness (QED) is 0.170. The van der Waals surface area contributed by atoms with Crippen molar-refractivity contribution >= 4 is 17.3 Å². The van der Waals surface area contributed by atoms with Crippen LogP contribution in [0.1, 0.15) is 129 Å². The van der Waals surface area contributed by atoms with Gasteiger partial charge in [-0.3, -0.25) is 0 Å². The fourth-order valence-electron chi connectivity index (χ4n) is 3.07. The molecule has 0 aliphatic carbocycles. The van der Waals surface area contributed by atoms with E-state index in [9.17, 15) is 0 Å². The van der Waals surface area contributed by atoms with E-state index in [0.717, 1.165) is 18.1 Å². The zero-order valence-corrected chi connectivity index (χ0v) is 17.6. The topological polar surface area (TPSA) is 9.23 Å². The van der Waals surface area contributed by atoms with Crippen molar-refractivity contribution in [3.05, 3.63) is 0 Å². The van der Waals surface area contributed by atoms with E-state index in [1.54, 1.807) is 0 Å². The molecule has 0 radical (unpaired) electrons. The van der Waals surface area contributed by atoms with Gasteiger partial charge in [0.1, 0.15) is 0 Å². The molecular weight excluding hydrogens is 312 g/mol. The number of rotatable bonds is 19. The van der Waals surface area contributed by atoms with Gasteiger partial charge in [-0.05, 0) is 25.1 Å². The van der Waals surface area contributed by atoms with Gasteiger partial charge in [0.25, 0.3) is 0 Å². The average molecular weight is 357 g/mol. The summed E-state index contributed by atoms with van der Waals surface area (Å²) < 4.78 is 5.63. The van der Waals surface area contributed by atoms with Gasteiger partial charge >= 0.3 is 0 Å². The molecule has 0 spiro atoms. The molecule has 0 aliphatic heterocycles. The zero-order chi connectivity index (χ0) is 17.7. The second kappa shape index (κ2) is 20.9. The van der Waals surface area contributed by atoms with E-state index in [-0.39, 0.29) is 0 Å². The van der Waals surface area contributed by atoms with Crippen molar-refractivity contribution in [2.45, 2.75) is 129 Å². The molecule has 0 amide bonds. The number of ether oxygens (including phenoxy) is 1. The molecule has 0 saturated heterocycles. The van der Waals surface area contributed by atoms with Crippen LogP contribution < -0.4 is 0 Å². The first-order valence-electron chi connectivity index (χ1n) is 11.0. The van der Waals surface area contributed by atoms with Gasteiger partial charge in [0, 0.05) is 6.42 Å². The van der Waals surface area contributed by atoms with Crippen molar-refractivity contribution in [2.24, 2.45) is 0 Å². The molecule has 0 aromatic rings. The van der Waals surface area contributed by atoms with Crippen LogP contribution in [0.2, 0.25) is 0 Å². The van der Waals surface area contributed by atoms with Crippen molar-refractivity contribution in [1.29, 1.82) is 0 Å². The highest BCUT2D eigenvalue weighted by molar-refractivity contribution is 7.80. The molecule has 0 fully saturated rings. The Morgan fingerprint density at radius 2 is 0.917 bits per heavy atom. The summed E-state index contributed by atoms with van der Waals surface area (Å²) in [6.45, 7) is 5.35. The van der Waals surface area contributed by atoms with Crippen molar-refractivity contribution < 1.29 is 4.74 Å². The number of hydrogen-bond acceptors (Lipinski definition) is 2. The van der Waals surface area contributed by atoms with Gasteiger partial charge in [0.15, 0.2) is 5.05 Å². The van der Waals surface area contributed by atoms with E-state index >= 15 is 0 Å². The van der Waals surface area contributed by atoms with Gasteiger partial charge in [-0.25, -0.2) is 0 Å². The molecule has 0 heterocycles. The summed E-state index contributed by atoms with van der Waals surface area (Å²) in [6, 6.07) is 0. The summed E-state index contributed by atoms with van der Waals surface area (Å²) in [6.07, 6.45) is 24.3. The van der Waals surface area contributed by atoms with Crippen molar-refractivity contribution in [2.75, 3.05) is 6.61 Å². The van der Waals surface area contributed by atoms with Crippen molar-refractivity contribution in [1.82, 2.24) is 0 Å². The van der Waals surface area contributed by atoms with Crippen LogP contribution in [0, 0.1) is 0 Å². The van der Waals surface area contributed by atoms with Crippen LogP contribution in [-0.4, -0.2) is 11.7 Å². The first-order valence-corrected chi connectivity index (χ1v) is 11.4. The van der Waals surface area contributed by atoms with E-state index in [1.165, 1.54) is 109 Å². The standard InChI is InChI=1S/C22H44OS/c1-3-5-7-8-9-10-11-12-13-14-15-16-17-19-21-23-22(24)20-18-6-4-2/h3-21H2,1-2H3. The highest BCUT2D eigenvalue weighted by Crippen LogP contribution is 2.13. The Morgan fingerprint density at radius 3 is 1.38 bits per heavy atom. The van der Waals surface area contributed by atoms with Crippen LogP contribution in [-0.2, 0) is 4.74 Å². The molecule has 0 atom stereocenters. The van der Waals surface area contributed by atoms with E-state index in [0.29, 0.717) is 0 Å². The smallest absolute Gasteiger partial charge is 0.159 e. The fraction of sp³-hybridized carbons (Fsp3) is 0.955. The van der Waals surface area contributed by atoms with Crippen molar-refractivity contribution in [3.8, 4) is 0 Å². The van der Waals surface area contributed by atoms with Gasteiger partial charge in [0.05, 0.1) is 6.61 Å². The number of hydrogen-bond donors (Lipinski definition) is 0. The van der Waals surface area contributed by atoms with E-state index < -0.39 is 0 Å². The normalized spacial score (nSPS) is 10.9. The Hall–Kier alpha value is -0.110. The minimum atomic E-state index is 0.832. The monoisotopic (exact) mass is 356 g/mol. The predicted molar refractivity (Wildman–Crippen MR) is 113 cm³/mol. The molecule has 0 saturated carbocycles. The fourth-order valence-corrected chi connectivity index (χ4v) is 3.30. The van der Waals surface area contributed by atoms with Crippen LogP contribution in [0.15, 0.2) is 0 Å². The maximum Gasteiger partial charge on any atom is 0.159 e. The summed E-state index contributed by atoms with van der Waals surface area (Å²) in [4.78, 5) is 0. The predicted octanol–water partition coefficient (Wildman–Crippen LogP) is 8.39. The Kier molecular flexibility index (Phi) is 20.8. The molecule has 144 valence electrons. The second-order valence-electron chi connectivity index (χ2n) is 7.27. The van der Waals surface area contributed by atoms with Crippen molar-refractivity contribution in [3.63, 3.8) is 0 Å².